The molecule has 0 saturated heterocycles. The largest absolute Gasteiger partial charge is 0.478 e. The second kappa shape index (κ2) is 4.43. The Balaban J connectivity index is 2.72. The molecule has 0 radical (unpaired) electrons. The van der Waals surface area contributed by atoms with Gasteiger partial charge >= 0.3 is 5.97 Å². The van der Waals surface area contributed by atoms with Crippen molar-refractivity contribution in [3.63, 3.8) is 0 Å². The molecule has 2 rings (SSSR count). The quantitative estimate of drug-likeness (QED) is 0.902. The summed E-state index contributed by atoms with van der Waals surface area (Å²) in [6, 6.07) is 7.10. The van der Waals surface area contributed by atoms with Crippen LogP contribution in [0, 0.1) is 0 Å². The third-order valence-corrected chi connectivity index (χ3v) is 3.18. The van der Waals surface area contributed by atoms with Crippen LogP contribution in [0.4, 0.5) is 0 Å². The highest BCUT2D eigenvalue weighted by Gasteiger charge is 2.15. The molecule has 1 aromatic heterocycles. The van der Waals surface area contributed by atoms with Crippen LogP contribution in [0.3, 0.4) is 0 Å². The average molecular weight is 345 g/mol. The van der Waals surface area contributed by atoms with E-state index in [0.29, 0.717) is 5.69 Å². The molecule has 1 aromatic carbocycles. The smallest absolute Gasteiger partial charge is 0.337 e. The molecule has 0 unspecified atom stereocenters. The summed E-state index contributed by atoms with van der Waals surface area (Å²) in [5.74, 6) is -0.953. The third-order valence-electron chi connectivity index (χ3n) is 2.12. The number of carboxylic acids is 1. The van der Waals surface area contributed by atoms with Gasteiger partial charge in [0.2, 0.25) is 0 Å². The normalized spacial score (nSPS) is 10.4. The summed E-state index contributed by atoms with van der Waals surface area (Å²) >= 11 is 6.65. The molecular weight excluding hydrogens is 338 g/mol. The summed E-state index contributed by atoms with van der Waals surface area (Å²) in [5, 5.41) is 9.16. The lowest BCUT2D eigenvalue weighted by Crippen LogP contribution is -2.05. The van der Waals surface area contributed by atoms with Crippen LogP contribution in [0.25, 0.3) is 5.69 Å². The van der Waals surface area contributed by atoms with Gasteiger partial charge in [-0.3, -0.25) is 0 Å². The zero-order valence-electron chi connectivity index (χ0n) is 8.02. The van der Waals surface area contributed by atoms with Crippen LogP contribution >= 0.6 is 31.9 Å². The Bertz CT molecular complexity index is 535. The van der Waals surface area contributed by atoms with E-state index in [1.165, 1.54) is 0 Å². The lowest BCUT2D eigenvalue weighted by atomic mass is 10.2. The summed E-state index contributed by atoms with van der Waals surface area (Å²) in [6.07, 6.45) is 3.61. The van der Waals surface area contributed by atoms with Crippen LogP contribution in [0.1, 0.15) is 10.4 Å². The number of carbonyl (C=O) groups is 1. The summed E-state index contributed by atoms with van der Waals surface area (Å²) in [4.78, 5) is 11.2. The van der Waals surface area contributed by atoms with Gasteiger partial charge in [-0.15, -0.1) is 0 Å². The van der Waals surface area contributed by atoms with E-state index in [9.17, 15) is 4.79 Å². The van der Waals surface area contributed by atoms with Gasteiger partial charge in [0.15, 0.2) is 0 Å². The number of rotatable bonds is 2. The van der Waals surface area contributed by atoms with Crippen LogP contribution in [0.15, 0.2) is 45.6 Å². The van der Waals surface area contributed by atoms with Crippen molar-refractivity contribution in [1.82, 2.24) is 4.57 Å². The maximum atomic E-state index is 11.2. The fourth-order valence-electron chi connectivity index (χ4n) is 1.48. The molecule has 2 aromatic rings. The highest BCUT2D eigenvalue weighted by Crippen LogP contribution is 2.29. The molecule has 0 saturated carbocycles. The molecule has 0 aliphatic heterocycles. The van der Waals surface area contributed by atoms with Crippen molar-refractivity contribution in [3.05, 3.63) is 51.2 Å². The number of benzene rings is 1. The molecule has 0 bridgehead atoms. The van der Waals surface area contributed by atoms with Crippen molar-refractivity contribution < 1.29 is 9.90 Å². The van der Waals surface area contributed by atoms with Gasteiger partial charge in [-0.25, -0.2) is 4.79 Å². The van der Waals surface area contributed by atoms with E-state index in [2.05, 4.69) is 31.9 Å². The zero-order valence-corrected chi connectivity index (χ0v) is 11.2. The minimum atomic E-state index is -0.953. The molecule has 0 aliphatic rings. The fraction of sp³-hybridized carbons (Fsp3) is 0. The maximum Gasteiger partial charge on any atom is 0.337 e. The van der Waals surface area contributed by atoms with Crippen molar-refractivity contribution in [2.45, 2.75) is 0 Å². The van der Waals surface area contributed by atoms with Crippen molar-refractivity contribution in [2.75, 3.05) is 0 Å². The standard InChI is InChI=1S/C11H7Br2NO2/c12-7-5-8(11(15)16)10(9(13)6-7)14-3-1-2-4-14/h1-6H,(H,15,16). The molecule has 0 fully saturated rings. The van der Waals surface area contributed by atoms with Crippen molar-refractivity contribution >= 4 is 37.8 Å². The molecule has 0 amide bonds. The molecular formula is C11H7Br2NO2. The number of halogens is 2. The van der Waals surface area contributed by atoms with Crippen LogP contribution in [-0.2, 0) is 0 Å². The number of aromatic carboxylic acids is 1. The van der Waals surface area contributed by atoms with E-state index in [1.807, 2.05) is 18.2 Å². The number of hydrogen-bond donors (Lipinski definition) is 1. The highest BCUT2D eigenvalue weighted by molar-refractivity contribution is 9.11. The van der Waals surface area contributed by atoms with Gasteiger partial charge < -0.3 is 9.67 Å². The van der Waals surface area contributed by atoms with Crippen molar-refractivity contribution in [3.8, 4) is 5.69 Å². The van der Waals surface area contributed by atoms with E-state index < -0.39 is 5.97 Å². The van der Waals surface area contributed by atoms with E-state index in [-0.39, 0.29) is 5.56 Å². The predicted octanol–water partition coefficient (Wildman–Crippen LogP) is 3.70. The minimum Gasteiger partial charge on any atom is -0.478 e. The summed E-state index contributed by atoms with van der Waals surface area (Å²) < 4.78 is 3.23. The minimum absolute atomic E-state index is 0.248. The first-order chi connectivity index (χ1) is 7.59. The molecule has 16 heavy (non-hydrogen) atoms. The van der Waals surface area contributed by atoms with Crippen LogP contribution in [0.5, 0.6) is 0 Å². The Morgan fingerprint density at radius 1 is 1.19 bits per heavy atom. The van der Waals surface area contributed by atoms with Gasteiger partial charge in [0, 0.05) is 21.3 Å². The Labute approximate surface area is 109 Å². The fourth-order valence-corrected chi connectivity index (χ4v) is 2.91. The lowest BCUT2D eigenvalue weighted by Gasteiger charge is -2.10. The zero-order chi connectivity index (χ0) is 11.7. The SMILES string of the molecule is O=C(O)c1cc(Br)cc(Br)c1-n1cccc1. The van der Waals surface area contributed by atoms with Crippen LogP contribution < -0.4 is 0 Å². The molecule has 0 spiro atoms. The number of hydrogen-bond acceptors (Lipinski definition) is 1. The van der Waals surface area contributed by atoms with Gasteiger partial charge in [0.1, 0.15) is 0 Å². The Kier molecular flexibility index (Phi) is 3.16. The topological polar surface area (TPSA) is 42.2 Å². The molecule has 0 aliphatic carbocycles. The third kappa shape index (κ3) is 2.05. The summed E-state index contributed by atoms with van der Waals surface area (Å²) in [7, 11) is 0. The second-order valence-corrected chi connectivity index (χ2v) is 4.95. The Morgan fingerprint density at radius 2 is 1.81 bits per heavy atom. The summed E-state index contributed by atoms with van der Waals surface area (Å²) in [5.41, 5.74) is 0.873. The first kappa shape index (κ1) is 11.4. The van der Waals surface area contributed by atoms with Gasteiger partial charge in [-0.1, -0.05) is 15.9 Å². The van der Waals surface area contributed by atoms with E-state index >= 15 is 0 Å². The van der Waals surface area contributed by atoms with Gasteiger partial charge in [-0.05, 0) is 40.2 Å². The lowest BCUT2D eigenvalue weighted by molar-refractivity contribution is 0.0696. The molecule has 1 heterocycles. The van der Waals surface area contributed by atoms with Gasteiger partial charge in [0.25, 0.3) is 0 Å². The van der Waals surface area contributed by atoms with E-state index in [1.54, 1.807) is 23.0 Å². The van der Waals surface area contributed by atoms with Crippen LogP contribution in [-0.4, -0.2) is 15.6 Å². The van der Waals surface area contributed by atoms with Gasteiger partial charge in [-0.2, -0.15) is 0 Å². The molecule has 5 heteroatoms. The van der Waals surface area contributed by atoms with Gasteiger partial charge in [0.05, 0.1) is 11.3 Å². The first-order valence-electron chi connectivity index (χ1n) is 4.45. The average Bonchev–Trinajstić information content (AvgIpc) is 2.69. The van der Waals surface area contributed by atoms with Crippen molar-refractivity contribution in [2.24, 2.45) is 0 Å². The monoisotopic (exact) mass is 343 g/mol. The Morgan fingerprint density at radius 3 is 2.38 bits per heavy atom. The first-order valence-corrected chi connectivity index (χ1v) is 6.04. The van der Waals surface area contributed by atoms with E-state index in [4.69, 9.17) is 5.11 Å². The molecule has 82 valence electrons. The molecule has 1 N–H and O–H groups in total. The highest BCUT2D eigenvalue weighted by atomic mass is 79.9. The summed E-state index contributed by atoms with van der Waals surface area (Å²) in [6.45, 7) is 0. The van der Waals surface area contributed by atoms with Crippen LogP contribution in [0.2, 0.25) is 0 Å². The number of nitrogens with zero attached hydrogens (tertiary/aromatic N) is 1. The molecule has 0 atom stereocenters. The number of carboxylic acid groups (broad SMARTS) is 1. The number of aromatic nitrogens is 1. The Hall–Kier alpha value is -1.07. The van der Waals surface area contributed by atoms with Crippen molar-refractivity contribution in [1.29, 1.82) is 0 Å². The predicted molar refractivity (Wildman–Crippen MR) is 68.1 cm³/mol. The second-order valence-electron chi connectivity index (χ2n) is 3.18. The van der Waals surface area contributed by atoms with E-state index in [0.717, 1.165) is 8.95 Å². The maximum absolute atomic E-state index is 11.2. The molecule has 3 nitrogen and oxygen atoms in total.